The van der Waals surface area contributed by atoms with Crippen LogP contribution in [0.1, 0.15) is 40.2 Å². The average molecular weight is 306 g/mol. The van der Waals surface area contributed by atoms with Crippen LogP contribution in [0.5, 0.6) is 0 Å². The van der Waals surface area contributed by atoms with Gasteiger partial charge in [0, 0.05) is 17.5 Å². The minimum Gasteiger partial charge on any atom is -0.318 e. The van der Waals surface area contributed by atoms with Crippen LogP contribution < -0.4 is 5.32 Å². The molecule has 0 spiro atoms. The van der Waals surface area contributed by atoms with E-state index in [-0.39, 0.29) is 5.78 Å². The summed E-state index contributed by atoms with van der Waals surface area (Å²) in [4.78, 5) is 10.7. The Bertz CT molecular complexity index is 313. The van der Waals surface area contributed by atoms with Gasteiger partial charge >= 0.3 is 0 Å². The van der Waals surface area contributed by atoms with Crippen molar-refractivity contribution < 1.29 is 9.18 Å². The Kier molecular flexibility index (Phi) is 21.8. The van der Waals surface area contributed by atoms with Gasteiger partial charge in [-0.1, -0.05) is 51.4 Å². The molecule has 0 fully saturated rings. The van der Waals surface area contributed by atoms with E-state index in [1.54, 1.807) is 19.1 Å². The van der Waals surface area contributed by atoms with Gasteiger partial charge in [-0.15, -0.1) is 0 Å². The van der Waals surface area contributed by atoms with Crippen molar-refractivity contribution in [3.8, 4) is 0 Å². The molecule has 0 atom stereocenters. The maximum absolute atomic E-state index is 10.7. The number of carbonyl (C=O) groups is 1. The van der Waals surface area contributed by atoms with Crippen molar-refractivity contribution in [3.05, 3.63) is 34.9 Å². The fraction of sp³-hybridized carbons (Fsp3) is 0.562. The van der Waals surface area contributed by atoms with Crippen LogP contribution in [0.15, 0.2) is 24.3 Å². The number of nitrogens with one attached hydrogen (secondary N) is 1. The zero-order chi connectivity index (χ0) is 16.6. The molecular weight excluding hydrogens is 277 g/mol. The van der Waals surface area contributed by atoms with Crippen molar-refractivity contribution in [3.63, 3.8) is 0 Å². The lowest BCUT2D eigenvalue weighted by Crippen LogP contribution is -2.15. The Hall–Kier alpha value is -0.930. The minimum atomic E-state index is 0.173. The van der Waals surface area contributed by atoms with E-state index in [0.717, 1.165) is 5.56 Å². The van der Waals surface area contributed by atoms with Crippen LogP contribution in [0.2, 0.25) is 5.02 Å². The maximum Gasteiger partial charge on any atom is 0.134 e. The number of benzene rings is 1. The van der Waals surface area contributed by atoms with Gasteiger partial charge in [0.15, 0.2) is 0 Å². The predicted octanol–water partition coefficient (Wildman–Crippen LogP) is 4.70. The summed E-state index contributed by atoms with van der Waals surface area (Å²) in [6.07, 6.45) is 0.497. The molecule has 0 radical (unpaired) electrons. The molecule has 20 heavy (non-hydrogen) atoms. The van der Waals surface area contributed by atoms with E-state index in [1.807, 2.05) is 33.0 Å². The third-order valence-corrected chi connectivity index (χ3v) is 2.20. The molecule has 0 bridgehead atoms. The van der Waals surface area contributed by atoms with Gasteiger partial charge in [0.1, 0.15) is 5.78 Å². The Morgan fingerprint density at radius 1 is 1.20 bits per heavy atom. The first-order chi connectivity index (χ1) is 9.45. The first kappa shape index (κ1) is 24.1. The number of rotatable bonds is 3. The molecule has 0 aliphatic rings. The number of alkyl halides is 1. The van der Waals surface area contributed by atoms with Crippen molar-refractivity contribution in [2.45, 2.75) is 47.1 Å². The van der Waals surface area contributed by atoms with Crippen LogP contribution in [-0.2, 0) is 11.2 Å². The molecule has 1 aromatic rings. The largest absolute Gasteiger partial charge is 0.318 e. The van der Waals surface area contributed by atoms with Gasteiger partial charge in [0.25, 0.3) is 0 Å². The second kappa shape index (κ2) is 18.1. The number of carbonyl (C=O) groups excluding carboxylic acids is 1. The van der Waals surface area contributed by atoms with E-state index in [9.17, 15) is 9.18 Å². The average Bonchev–Trinajstić information content (AvgIpc) is 2.46. The summed E-state index contributed by atoms with van der Waals surface area (Å²) >= 11 is 5.66. The number of hydrogen-bond donors (Lipinski definition) is 1. The highest BCUT2D eigenvalue weighted by atomic mass is 35.5. The SMILES string of the molecule is CC.CC(=O)Cc1ccc(Cl)cc1.CF.CNC(C)C. The van der Waals surface area contributed by atoms with E-state index in [2.05, 4.69) is 19.2 Å². The second-order valence-corrected chi connectivity index (χ2v) is 4.39. The molecule has 1 aromatic carbocycles. The van der Waals surface area contributed by atoms with Gasteiger partial charge in [-0.2, -0.15) is 0 Å². The molecule has 2 nitrogen and oxygen atoms in total. The van der Waals surface area contributed by atoms with Gasteiger partial charge in [-0.25, -0.2) is 0 Å². The predicted molar refractivity (Wildman–Crippen MR) is 88.4 cm³/mol. The molecule has 4 heteroatoms. The van der Waals surface area contributed by atoms with Crippen molar-refractivity contribution in [2.75, 3.05) is 14.2 Å². The highest BCUT2D eigenvalue weighted by Crippen LogP contribution is 2.09. The molecule has 0 aliphatic carbocycles. The zero-order valence-electron chi connectivity index (χ0n) is 13.8. The number of hydrogen-bond acceptors (Lipinski definition) is 2. The van der Waals surface area contributed by atoms with E-state index in [4.69, 9.17) is 11.6 Å². The van der Waals surface area contributed by atoms with Gasteiger partial charge in [0.2, 0.25) is 0 Å². The summed E-state index contributed by atoms with van der Waals surface area (Å²) in [5.74, 6) is 0.173. The van der Waals surface area contributed by atoms with Crippen LogP contribution in [-0.4, -0.2) is 26.1 Å². The summed E-state index contributed by atoms with van der Waals surface area (Å²) in [7, 11) is 2.45. The van der Waals surface area contributed by atoms with E-state index in [0.29, 0.717) is 24.7 Å². The third-order valence-electron chi connectivity index (χ3n) is 1.94. The Morgan fingerprint density at radius 2 is 1.55 bits per heavy atom. The van der Waals surface area contributed by atoms with Crippen LogP contribution >= 0.6 is 11.6 Å². The van der Waals surface area contributed by atoms with Crippen LogP contribution in [0.3, 0.4) is 0 Å². The molecule has 0 unspecified atom stereocenters. The molecule has 0 saturated carbocycles. The van der Waals surface area contributed by atoms with Gasteiger partial charge in [-0.05, 0) is 31.7 Å². The van der Waals surface area contributed by atoms with Crippen molar-refractivity contribution in [1.82, 2.24) is 5.32 Å². The van der Waals surface area contributed by atoms with Crippen molar-refractivity contribution in [1.29, 1.82) is 0 Å². The van der Waals surface area contributed by atoms with E-state index in [1.165, 1.54) is 0 Å². The molecular formula is C16H29ClFNO. The lowest BCUT2D eigenvalue weighted by Gasteiger charge is -1.95. The Balaban J connectivity index is -0.000000272. The second-order valence-electron chi connectivity index (χ2n) is 3.95. The molecule has 118 valence electrons. The monoisotopic (exact) mass is 305 g/mol. The van der Waals surface area contributed by atoms with Crippen LogP contribution in [0, 0.1) is 0 Å². The number of halogens is 2. The van der Waals surface area contributed by atoms with Crippen LogP contribution in [0.25, 0.3) is 0 Å². The molecule has 0 saturated heterocycles. The standard InChI is InChI=1S/C9H9ClO.C4H11N.C2H6.CH3F/c1-7(11)6-8-2-4-9(10)5-3-8;1-4(2)5-3;2*1-2/h2-5H,6H2,1H3;4-5H,1-3H3;1-2H3;1H3. The van der Waals surface area contributed by atoms with E-state index >= 15 is 0 Å². The summed E-state index contributed by atoms with van der Waals surface area (Å²) in [5, 5.41) is 3.73. The fourth-order valence-electron chi connectivity index (χ4n) is 0.890. The number of Topliss-reactive ketones (excluding diaryl/α,β-unsaturated/α-hetero) is 1. The van der Waals surface area contributed by atoms with Crippen LogP contribution in [0.4, 0.5) is 4.39 Å². The van der Waals surface area contributed by atoms with E-state index < -0.39 is 0 Å². The third kappa shape index (κ3) is 19.4. The van der Waals surface area contributed by atoms with Crippen molar-refractivity contribution >= 4 is 17.4 Å². The lowest BCUT2D eigenvalue weighted by atomic mass is 10.1. The van der Waals surface area contributed by atoms with Gasteiger partial charge < -0.3 is 5.32 Å². The van der Waals surface area contributed by atoms with Gasteiger partial charge in [-0.3, -0.25) is 9.18 Å². The Morgan fingerprint density at radius 3 is 1.80 bits per heavy atom. The smallest absolute Gasteiger partial charge is 0.134 e. The highest BCUT2D eigenvalue weighted by molar-refractivity contribution is 6.30. The molecule has 0 aliphatic heterocycles. The summed E-state index contributed by atoms with van der Waals surface area (Å²) in [5.41, 5.74) is 1.02. The first-order valence-electron chi connectivity index (χ1n) is 6.74. The summed E-state index contributed by atoms with van der Waals surface area (Å²) in [6, 6.07) is 7.95. The van der Waals surface area contributed by atoms with Crippen molar-refractivity contribution in [2.24, 2.45) is 0 Å². The summed E-state index contributed by atoms with van der Waals surface area (Å²) in [6.45, 7) is 9.80. The Labute approximate surface area is 128 Å². The molecule has 0 amide bonds. The number of ketones is 1. The zero-order valence-corrected chi connectivity index (χ0v) is 14.5. The summed E-state index contributed by atoms with van der Waals surface area (Å²) < 4.78 is 9.50. The first-order valence-corrected chi connectivity index (χ1v) is 7.12. The molecule has 0 aromatic heterocycles. The topological polar surface area (TPSA) is 29.1 Å². The molecule has 0 heterocycles. The highest BCUT2D eigenvalue weighted by Gasteiger charge is 1.95. The normalized spacial score (nSPS) is 8.30. The molecule has 1 rings (SSSR count). The quantitative estimate of drug-likeness (QED) is 0.877. The minimum absolute atomic E-state index is 0.173. The van der Waals surface area contributed by atoms with Gasteiger partial charge in [0.05, 0.1) is 7.18 Å². The molecule has 1 N–H and O–H groups in total. The lowest BCUT2D eigenvalue weighted by molar-refractivity contribution is -0.116. The maximum atomic E-state index is 10.7. The fourth-order valence-corrected chi connectivity index (χ4v) is 1.02.